The van der Waals surface area contributed by atoms with Gasteiger partial charge in [0.15, 0.2) is 0 Å². The van der Waals surface area contributed by atoms with Crippen LogP contribution in [0, 0.1) is 6.92 Å². The summed E-state index contributed by atoms with van der Waals surface area (Å²) < 4.78 is 5.27. The van der Waals surface area contributed by atoms with Crippen molar-refractivity contribution in [2.45, 2.75) is 25.9 Å². The Labute approximate surface area is 82.1 Å². The highest BCUT2D eigenvalue weighted by atomic mass is 32.1. The normalized spacial score (nSPS) is 22.4. The molecule has 0 radical (unpaired) electrons. The molecule has 1 aromatic rings. The van der Waals surface area contributed by atoms with Crippen molar-refractivity contribution >= 4 is 11.3 Å². The summed E-state index contributed by atoms with van der Waals surface area (Å²) in [6.45, 7) is 4.66. The minimum absolute atomic E-state index is 0.532. The van der Waals surface area contributed by atoms with Crippen molar-refractivity contribution in [2.75, 3.05) is 13.2 Å². The van der Waals surface area contributed by atoms with Crippen LogP contribution in [0.4, 0.5) is 0 Å². The van der Waals surface area contributed by atoms with E-state index in [0.717, 1.165) is 31.9 Å². The van der Waals surface area contributed by atoms with E-state index in [0.29, 0.717) is 6.04 Å². The second-order valence-corrected chi connectivity index (χ2v) is 4.27. The van der Waals surface area contributed by atoms with Gasteiger partial charge in [0.1, 0.15) is 5.01 Å². The second-order valence-electron chi connectivity index (χ2n) is 3.32. The lowest BCUT2D eigenvalue weighted by Gasteiger charge is -2.07. The molecular weight excluding hydrogens is 184 g/mol. The molecule has 2 heterocycles. The lowest BCUT2D eigenvalue weighted by atomic mass is 10.3. The van der Waals surface area contributed by atoms with E-state index in [1.807, 2.05) is 6.92 Å². The Morgan fingerprint density at radius 2 is 2.69 bits per heavy atom. The first-order chi connectivity index (χ1) is 6.34. The van der Waals surface area contributed by atoms with Gasteiger partial charge in [-0.1, -0.05) is 0 Å². The molecule has 1 unspecified atom stereocenters. The van der Waals surface area contributed by atoms with Crippen LogP contribution in [-0.4, -0.2) is 24.2 Å². The zero-order valence-electron chi connectivity index (χ0n) is 7.75. The van der Waals surface area contributed by atoms with E-state index in [9.17, 15) is 0 Å². The van der Waals surface area contributed by atoms with Gasteiger partial charge >= 0.3 is 0 Å². The lowest BCUT2D eigenvalue weighted by molar-refractivity contribution is 0.190. The molecule has 3 nitrogen and oxygen atoms in total. The highest BCUT2D eigenvalue weighted by Gasteiger charge is 2.14. The first-order valence-electron chi connectivity index (χ1n) is 4.57. The zero-order valence-corrected chi connectivity index (χ0v) is 8.56. The van der Waals surface area contributed by atoms with Gasteiger partial charge < -0.3 is 10.1 Å². The standard InChI is InChI=1S/C9H14N2OS/c1-7-6-13-9(11-7)4-10-8-2-3-12-5-8/h6,8,10H,2-5H2,1H3. The summed E-state index contributed by atoms with van der Waals surface area (Å²) in [6.07, 6.45) is 1.13. The molecule has 1 fully saturated rings. The van der Waals surface area contributed by atoms with E-state index in [1.165, 1.54) is 5.01 Å². The van der Waals surface area contributed by atoms with Crippen molar-refractivity contribution in [1.82, 2.24) is 10.3 Å². The predicted octanol–water partition coefficient (Wildman–Crippen LogP) is 1.33. The fraction of sp³-hybridized carbons (Fsp3) is 0.667. The highest BCUT2D eigenvalue weighted by Crippen LogP contribution is 2.10. The third-order valence-corrected chi connectivity index (χ3v) is 3.10. The molecule has 2 rings (SSSR count). The highest BCUT2D eigenvalue weighted by molar-refractivity contribution is 7.09. The van der Waals surface area contributed by atoms with Crippen LogP contribution in [0.2, 0.25) is 0 Å². The van der Waals surface area contributed by atoms with Gasteiger partial charge in [0, 0.05) is 30.3 Å². The summed E-state index contributed by atoms with van der Waals surface area (Å²) in [5.41, 5.74) is 1.12. The largest absolute Gasteiger partial charge is 0.380 e. The minimum atomic E-state index is 0.532. The fourth-order valence-electron chi connectivity index (χ4n) is 1.41. The topological polar surface area (TPSA) is 34.1 Å². The molecule has 0 bridgehead atoms. The van der Waals surface area contributed by atoms with Crippen LogP contribution in [0.3, 0.4) is 0 Å². The summed E-state index contributed by atoms with van der Waals surface area (Å²) in [5, 5.41) is 6.69. The number of nitrogens with one attached hydrogen (secondary N) is 1. The van der Waals surface area contributed by atoms with Gasteiger partial charge in [-0.3, -0.25) is 0 Å². The molecule has 0 amide bonds. The lowest BCUT2D eigenvalue weighted by Crippen LogP contribution is -2.28. The molecule has 1 saturated heterocycles. The van der Waals surface area contributed by atoms with Gasteiger partial charge in [0.05, 0.1) is 6.61 Å². The van der Waals surface area contributed by atoms with Crippen LogP contribution in [0.25, 0.3) is 0 Å². The molecule has 1 aliphatic rings. The van der Waals surface area contributed by atoms with E-state index < -0.39 is 0 Å². The van der Waals surface area contributed by atoms with Crippen LogP contribution >= 0.6 is 11.3 Å². The molecular formula is C9H14N2OS. The monoisotopic (exact) mass is 198 g/mol. The molecule has 72 valence electrons. The number of aryl methyl sites for hydroxylation is 1. The molecule has 0 saturated carbocycles. The van der Waals surface area contributed by atoms with Crippen molar-refractivity contribution in [1.29, 1.82) is 0 Å². The maximum absolute atomic E-state index is 5.27. The maximum Gasteiger partial charge on any atom is 0.107 e. The molecule has 0 aliphatic carbocycles. The van der Waals surface area contributed by atoms with Gasteiger partial charge in [-0.05, 0) is 13.3 Å². The Hall–Kier alpha value is -0.450. The Kier molecular flexibility index (Phi) is 2.93. The summed E-state index contributed by atoms with van der Waals surface area (Å²) in [7, 11) is 0. The van der Waals surface area contributed by atoms with Crippen LogP contribution in [0.1, 0.15) is 17.1 Å². The molecule has 1 aromatic heterocycles. The Bertz CT molecular complexity index is 268. The zero-order chi connectivity index (χ0) is 9.10. The Balaban J connectivity index is 1.78. The second kappa shape index (κ2) is 4.17. The van der Waals surface area contributed by atoms with Crippen LogP contribution in [0.15, 0.2) is 5.38 Å². The summed E-state index contributed by atoms with van der Waals surface area (Å²) >= 11 is 1.72. The SMILES string of the molecule is Cc1csc(CNC2CCOC2)n1. The van der Waals surface area contributed by atoms with Crippen molar-refractivity contribution in [3.63, 3.8) is 0 Å². The van der Waals surface area contributed by atoms with Gasteiger partial charge in [-0.25, -0.2) is 4.98 Å². The molecule has 1 atom stereocenters. The quantitative estimate of drug-likeness (QED) is 0.795. The first-order valence-corrected chi connectivity index (χ1v) is 5.44. The van der Waals surface area contributed by atoms with Crippen molar-refractivity contribution < 1.29 is 4.74 Å². The van der Waals surface area contributed by atoms with Gasteiger partial charge in [0.2, 0.25) is 0 Å². The number of hydrogen-bond acceptors (Lipinski definition) is 4. The predicted molar refractivity (Wildman–Crippen MR) is 52.9 cm³/mol. The number of ether oxygens (including phenoxy) is 1. The number of aromatic nitrogens is 1. The van der Waals surface area contributed by atoms with Gasteiger partial charge in [0.25, 0.3) is 0 Å². The molecule has 4 heteroatoms. The van der Waals surface area contributed by atoms with E-state index >= 15 is 0 Å². The number of rotatable bonds is 3. The third kappa shape index (κ3) is 2.49. The van der Waals surface area contributed by atoms with E-state index in [1.54, 1.807) is 11.3 Å². The summed E-state index contributed by atoms with van der Waals surface area (Å²) in [5.74, 6) is 0. The third-order valence-electron chi connectivity index (χ3n) is 2.14. The van der Waals surface area contributed by atoms with Crippen molar-refractivity contribution in [3.8, 4) is 0 Å². The van der Waals surface area contributed by atoms with Crippen molar-refractivity contribution in [3.05, 3.63) is 16.1 Å². The van der Waals surface area contributed by atoms with Crippen LogP contribution < -0.4 is 5.32 Å². The van der Waals surface area contributed by atoms with E-state index in [4.69, 9.17) is 4.74 Å². The Morgan fingerprint density at radius 3 is 3.31 bits per heavy atom. The number of hydrogen-bond donors (Lipinski definition) is 1. The van der Waals surface area contributed by atoms with Crippen LogP contribution in [0.5, 0.6) is 0 Å². The molecule has 1 N–H and O–H groups in total. The maximum atomic E-state index is 5.27. The number of nitrogens with zero attached hydrogens (tertiary/aromatic N) is 1. The smallest absolute Gasteiger partial charge is 0.107 e. The molecule has 0 spiro atoms. The Morgan fingerprint density at radius 1 is 1.77 bits per heavy atom. The molecule has 13 heavy (non-hydrogen) atoms. The van der Waals surface area contributed by atoms with Gasteiger partial charge in [-0.15, -0.1) is 11.3 Å². The van der Waals surface area contributed by atoms with Crippen molar-refractivity contribution in [2.24, 2.45) is 0 Å². The summed E-state index contributed by atoms with van der Waals surface area (Å²) in [4.78, 5) is 4.39. The average Bonchev–Trinajstić information content (AvgIpc) is 2.71. The molecule has 1 aliphatic heterocycles. The average molecular weight is 198 g/mol. The van der Waals surface area contributed by atoms with E-state index in [2.05, 4.69) is 15.7 Å². The molecule has 0 aromatic carbocycles. The fourth-order valence-corrected chi connectivity index (χ4v) is 2.13. The van der Waals surface area contributed by atoms with E-state index in [-0.39, 0.29) is 0 Å². The van der Waals surface area contributed by atoms with Crippen LogP contribution in [-0.2, 0) is 11.3 Å². The minimum Gasteiger partial charge on any atom is -0.380 e. The first kappa shape index (κ1) is 9.12. The van der Waals surface area contributed by atoms with Gasteiger partial charge in [-0.2, -0.15) is 0 Å². The number of thiazole rings is 1. The summed E-state index contributed by atoms with van der Waals surface area (Å²) in [6, 6.07) is 0.532.